The highest BCUT2D eigenvalue weighted by Crippen LogP contribution is 2.17. The number of rotatable bonds is 5. The fraction of sp³-hybridized carbons (Fsp3) is 0.231. The second-order valence-corrected chi connectivity index (χ2v) is 4.27. The molecule has 5 nitrogen and oxygen atoms in total. The van der Waals surface area contributed by atoms with Crippen LogP contribution < -0.4 is 10.6 Å². The molecule has 0 saturated carbocycles. The lowest BCUT2D eigenvalue weighted by molar-refractivity contribution is -0.115. The van der Waals surface area contributed by atoms with Crippen molar-refractivity contribution >= 4 is 11.6 Å². The molecule has 1 amide bonds. The highest BCUT2D eigenvalue weighted by atomic mass is 19.1. The molecule has 2 aromatic rings. The van der Waals surface area contributed by atoms with Crippen molar-refractivity contribution in [3.63, 3.8) is 0 Å². The zero-order chi connectivity index (χ0) is 14.5. The SMILES string of the molecule is Cn1cc(CNCC(=O)Nc2c(F)cccc2F)cn1. The second kappa shape index (κ2) is 6.25. The number of amides is 1. The first-order chi connectivity index (χ1) is 9.56. The highest BCUT2D eigenvalue weighted by Gasteiger charge is 2.11. The Morgan fingerprint density at radius 2 is 2.05 bits per heavy atom. The Morgan fingerprint density at radius 3 is 2.65 bits per heavy atom. The van der Waals surface area contributed by atoms with Crippen LogP contribution in [0.1, 0.15) is 5.56 Å². The Morgan fingerprint density at radius 1 is 1.35 bits per heavy atom. The Balaban J connectivity index is 1.84. The summed E-state index contributed by atoms with van der Waals surface area (Å²) in [5, 5.41) is 9.04. The van der Waals surface area contributed by atoms with Crippen LogP contribution in [0.3, 0.4) is 0 Å². The smallest absolute Gasteiger partial charge is 0.238 e. The maximum atomic E-state index is 13.3. The van der Waals surface area contributed by atoms with E-state index in [1.54, 1.807) is 24.1 Å². The maximum absolute atomic E-state index is 13.3. The summed E-state index contributed by atoms with van der Waals surface area (Å²) < 4.78 is 28.3. The molecule has 0 aliphatic rings. The number of para-hydroxylation sites is 1. The van der Waals surface area contributed by atoms with E-state index in [9.17, 15) is 13.6 Å². The van der Waals surface area contributed by atoms with Gasteiger partial charge in [0.05, 0.1) is 12.7 Å². The van der Waals surface area contributed by atoms with Gasteiger partial charge in [0, 0.05) is 25.4 Å². The summed E-state index contributed by atoms with van der Waals surface area (Å²) in [6.07, 6.45) is 3.48. The Labute approximate surface area is 114 Å². The van der Waals surface area contributed by atoms with Gasteiger partial charge >= 0.3 is 0 Å². The van der Waals surface area contributed by atoms with E-state index in [-0.39, 0.29) is 6.54 Å². The average Bonchev–Trinajstić information content (AvgIpc) is 2.80. The van der Waals surface area contributed by atoms with Crippen LogP contribution in [0.4, 0.5) is 14.5 Å². The molecule has 0 aliphatic carbocycles. The molecule has 1 heterocycles. The van der Waals surface area contributed by atoms with E-state index < -0.39 is 23.2 Å². The molecule has 7 heteroatoms. The Bertz CT molecular complexity index is 592. The standard InChI is InChI=1S/C13H14F2N4O/c1-19-8-9(6-17-19)5-16-7-12(20)18-13-10(14)3-2-4-11(13)15/h2-4,6,8,16H,5,7H2,1H3,(H,18,20). The van der Waals surface area contributed by atoms with Gasteiger partial charge in [0.1, 0.15) is 17.3 Å². The Hall–Kier alpha value is -2.28. The van der Waals surface area contributed by atoms with Crippen molar-refractivity contribution in [2.24, 2.45) is 7.05 Å². The summed E-state index contributed by atoms with van der Waals surface area (Å²) in [5.74, 6) is -2.12. The van der Waals surface area contributed by atoms with Crippen LogP contribution in [-0.2, 0) is 18.4 Å². The molecule has 0 fully saturated rings. The molecule has 0 radical (unpaired) electrons. The normalized spacial score (nSPS) is 10.6. The third-order valence-electron chi connectivity index (χ3n) is 2.60. The Kier molecular flexibility index (Phi) is 4.41. The molecule has 1 aromatic heterocycles. The molecule has 0 unspecified atom stereocenters. The van der Waals surface area contributed by atoms with Gasteiger partial charge in [-0.3, -0.25) is 9.48 Å². The number of benzene rings is 1. The molecule has 20 heavy (non-hydrogen) atoms. The molecule has 0 aliphatic heterocycles. The summed E-state index contributed by atoms with van der Waals surface area (Å²) in [6.45, 7) is 0.393. The van der Waals surface area contributed by atoms with Gasteiger partial charge in [-0.05, 0) is 12.1 Å². The molecule has 0 atom stereocenters. The number of hydrogen-bond acceptors (Lipinski definition) is 3. The van der Waals surface area contributed by atoms with Gasteiger partial charge < -0.3 is 10.6 Å². The van der Waals surface area contributed by atoms with E-state index in [0.29, 0.717) is 6.54 Å². The summed E-state index contributed by atoms with van der Waals surface area (Å²) in [4.78, 5) is 11.6. The van der Waals surface area contributed by atoms with Gasteiger partial charge in [-0.25, -0.2) is 8.78 Å². The van der Waals surface area contributed by atoms with E-state index in [4.69, 9.17) is 0 Å². The van der Waals surface area contributed by atoms with Crippen LogP contribution in [0, 0.1) is 11.6 Å². The molecule has 2 rings (SSSR count). The lowest BCUT2D eigenvalue weighted by Gasteiger charge is -2.07. The number of carbonyl (C=O) groups is 1. The molecular formula is C13H14F2N4O. The summed E-state index contributed by atoms with van der Waals surface area (Å²) in [5.41, 5.74) is 0.484. The van der Waals surface area contributed by atoms with Crippen molar-refractivity contribution in [2.45, 2.75) is 6.54 Å². The van der Waals surface area contributed by atoms with E-state index in [2.05, 4.69) is 15.7 Å². The van der Waals surface area contributed by atoms with Gasteiger partial charge in [0.15, 0.2) is 0 Å². The minimum absolute atomic E-state index is 0.0529. The number of nitrogens with one attached hydrogen (secondary N) is 2. The molecule has 2 N–H and O–H groups in total. The second-order valence-electron chi connectivity index (χ2n) is 4.27. The van der Waals surface area contributed by atoms with Crippen molar-refractivity contribution in [1.29, 1.82) is 0 Å². The van der Waals surface area contributed by atoms with Crippen LogP contribution in [0.25, 0.3) is 0 Å². The molecule has 0 saturated heterocycles. The average molecular weight is 280 g/mol. The third-order valence-corrected chi connectivity index (χ3v) is 2.60. The number of carbonyl (C=O) groups excluding carboxylic acids is 1. The quantitative estimate of drug-likeness (QED) is 0.871. The van der Waals surface area contributed by atoms with Crippen LogP contribution in [0.2, 0.25) is 0 Å². The number of halogens is 2. The predicted molar refractivity (Wildman–Crippen MR) is 69.9 cm³/mol. The lowest BCUT2D eigenvalue weighted by Crippen LogP contribution is -2.28. The van der Waals surface area contributed by atoms with E-state index in [0.717, 1.165) is 17.7 Å². The molecular weight excluding hydrogens is 266 g/mol. The number of nitrogens with zero attached hydrogens (tertiary/aromatic N) is 2. The first kappa shape index (κ1) is 14.1. The highest BCUT2D eigenvalue weighted by molar-refractivity contribution is 5.92. The van der Waals surface area contributed by atoms with Crippen molar-refractivity contribution < 1.29 is 13.6 Å². The monoisotopic (exact) mass is 280 g/mol. The largest absolute Gasteiger partial charge is 0.320 e. The van der Waals surface area contributed by atoms with Crippen LogP contribution in [0.15, 0.2) is 30.6 Å². The fourth-order valence-corrected chi connectivity index (χ4v) is 1.68. The number of aromatic nitrogens is 2. The van der Waals surface area contributed by atoms with Crippen molar-refractivity contribution in [3.8, 4) is 0 Å². The minimum atomic E-state index is -0.800. The zero-order valence-corrected chi connectivity index (χ0v) is 10.9. The number of hydrogen-bond donors (Lipinski definition) is 2. The first-order valence-electron chi connectivity index (χ1n) is 5.98. The molecule has 106 valence electrons. The third kappa shape index (κ3) is 3.61. The van der Waals surface area contributed by atoms with Crippen molar-refractivity contribution in [2.75, 3.05) is 11.9 Å². The van der Waals surface area contributed by atoms with Gasteiger partial charge in [-0.15, -0.1) is 0 Å². The van der Waals surface area contributed by atoms with E-state index in [1.807, 2.05) is 0 Å². The fourth-order valence-electron chi connectivity index (χ4n) is 1.68. The van der Waals surface area contributed by atoms with Gasteiger partial charge in [0.25, 0.3) is 0 Å². The van der Waals surface area contributed by atoms with Crippen LogP contribution in [0.5, 0.6) is 0 Å². The first-order valence-corrected chi connectivity index (χ1v) is 5.98. The van der Waals surface area contributed by atoms with E-state index in [1.165, 1.54) is 6.07 Å². The van der Waals surface area contributed by atoms with Gasteiger partial charge in [-0.1, -0.05) is 6.07 Å². The molecule has 0 spiro atoms. The number of aryl methyl sites for hydroxylation is 1. The topological polar surface area (TPSA) is 59.0 Å². The summed E-state index contributed by atoms with van der Waals surface area (Å²) >= 11 is 0. The number of anilines is 1. The van der Waals surface area contributed by atoms with Gasteiger partial charge in [-0.2, -0.15) is 5.10 Å². The van der Waals surface area contributed by atoms with E-state index >= 15 is 0 Å². The van der Waals surface area contributed by atoms with Gasteiger partial charge in [0.2, 0.25) is 5.91 Å². The molecule has 0 bridgehead atoms. The van der Waals surface area contributed by atoms with Crippen molar-refractivity contribution in [3.05, 3.63) is 47.8 Å². The molecule has 1 aromatic carbocycles. The predicted octanol–water partition coefficient (Wildman–Crippen LogP) is 1.43. The lowest BCUT2D eigenvalue weighted by atomic mass is 10.3. The summed E-state index contributed by atoms with van der Waals surface area (Å²) in [6, 6.07) is 3.41. The van der Waals surface area contributed by atoms with Crippen molar-refractivity contribution in [1.82, 2.24) is 15.1 Å². The van der Waals surface area contributed by atoms with Crippen LogP contribution >= 0.6 is 0 Å². The zero-order valence-electron chi connectivity index (χ0n) is 10.9. The van der Waals surface area contributed by atoms with Crippen LogP contribution in [-0.4, -0.2) is 22.2 Å². The summed E-state index contributed by atoms with van der Waals surface area (Å²) in [7, 11) is 1.79. The minimum Gasteiger partial charge on any atom is -0.320 e. The maximum Gasteiger partial charge on any atom is 0.238 e.